The monoisotopic (exact) mass is 386 g/mol. The molecule has 0 spiro atoms. The van der Waals surface area contributed by atoms with Gasteiger partial charge in [0.25, 0.3) is 5.91 Å². The number of hydrogen-bond acceptors (Lipinski definition) is 5. The van der Waals surface area contributed by atoms with Crippen LogP contribution in [0.25, 0.3) is 0 Å². The zero-order valence-electron chi connectivity index (χ0n) is 15.1. The van der Waals surface area contributed by atoms with Gasteiger partial charge in [0.2, 0.25) is 5.91 Å². The van der Waals surface area contributed by atoms with Gasteiger partial charge in [-0.05, 0) is 49.4 Å². The smallest absolute Gasteiger partial charge is 0.338 e. The molecule has 1 fully saturated rings. The number of benzene rings is 1. The molecule has 7 heteroatoms. The van der Waals surface area contributed by atoms with Gasteiger partial charge < -0.3 is 15.0 Å². The first-order valence-corrected chi connectivity index (χ1v) is 9.87. The van der Waals surface area contributed by atoms with Crippen LogP contribution in [0.5, 0.6) is 0 Å². The van der Waals surface area contributed by atoms with Crippen LogP contribution < -0.4 is 5.32 Å². The van der Waals surface area contributed by atoms with Crippen molar-refractivity contribution in [3.8, 4) is 0 Å². The Kier molecular flexibility index (Phi) is 6.24. The molecule has 0 bridgehead atoms. The number of rotatable bonds is 5. The predicted molar refractivity (Wildman–Crippen MR) is 104 cm³/mol. The largest absolute Gasteiger partial charge is 0.462 e. The summed E-state index contributed by atoms with van der Waals surface area (Å²) in [5.41, 5.74) is 0.944. The van der Waals surface area contributed by atoms with Crippen LogP contribution in [0.1, 0.15) is 39.8 Å². The highest BCUT2D eigenvalue weighted by atomic mass is 32.1. The van der Waals surface area contributed by atoms with Crippen molar-refractivity contribution in [2.75, 3.05) is 25.0 Å². The number of hydrogen-bond donors (Lipinski definition) is 1. The number of carbonyl (C=O) groups is 3. The van der Waals surface area contributed by atoms with Gasteiger partial charge in [0.15, 0.2) is 0 Å². The van der Waals surface area contributed by atoms with E-state index in [-0.39, 0.29) is 17.7 Å². The molecule has 0 aliphatic carbocycles. The Hall–Kier alpha value is -2.67. The van der Waals surface area contributed by atoms with Crippen molar-refractivity contribution >= 4 is 34.8 Å². The normalized spacial score (nSPS) is 16.6. The lowest BCUT2D eigenvalue weighted by Gasteiger charge is -2.31. The molecule has 3 rings (SSSR count). The van der Waals surface area contributed by atoms with Gasteiger partial charge in [0.1, 0.15) is 0 Å². The first-order valence-electron chi connectivity index (χ1n) is 8.99. The zero-order valence-corrected chi connectivity index (χ0v) is 16.0. The molecule has 142 valence electrons. The van der Waals surface area contributed by atoms with Crippen molar-refractivity contribution < 1.29 is 19.1 Å². The van der Waals surface area contributed by atoms with Crippen molar-refractivity contribution in [1.29, 1.82) is 0 Å². The molecule has 1 atom stereocenters. The van der Waals surface area contributed by atoms with Gasteiger partial charge in [-0.15, -0.1) is 11.3 Å². The minimum atomic E-state index is -0.418. The maximum absolute atomic E-state index is 12.7. The molecule has 1 aromatic carbocycles. The molecule has 1 saturated heterocycles. The minimum Gasteiger partial charge on any atom is -0.462 e. The molecule has 1 aliphatic heterocycles. The van der Waals surface area contributed by atoms with Crippen LogP contribution in [-0.2, 0) is 9.53 Å². The van der Waals surface area contributed by atoms with Crippen LogP contribution in [0, 0.1) is 5.92 Å². The van der Waals surface area contributed by atoms with Gasteiger partial charge in [-0.25, -0.2) is 4.79 Å². The van der Waals surface area contributed by atoms with Crippen LogP contribution in [0.2, 0.25) is 0 Å². The van der Waals surface area contributed by atoms with E-state index in [0.717, 1.165) is 12.8 Å². The Morgan fingerprint density at radius 2 is 2.11 bits per heavy atom. The summed E-state index contributed by atoms with van der Waals surface area (Å²) in [6.45, 7) is 3.11. The predicted octanol–water partition coefficient (Wildman–Crippen LogP) is 3.42. The second kappa shape index (κ2) is 8.81. The summed E-state index contributed by atoms with van der Waals surface area (Å²) in [6.07, 6.45) is 1.52. The van der Waals surface area contributed by atoms with Gasteiger partial charge in [0.05, 0.1) is 23.0 Å². The molecular formula is C20H22N2O4S. The highest BCUT2D eigenvalue weighted by Crippen LogP contribution is 2.22. The molecule has 0 saturated carbocycles. The van der Waals surface area contributed by atoms with Gasteiger partial charge in [-0.2, -0.15) is 0 Å². The van der Waals surface area contributed by atoms with Gasteiger partial charge >= 0.3 is 5.97 Å². The molecule has 6 nitrogen and oxygen atoms in total. The second-order valence-electron chi connectivity index (χ2n) is 6.36. The average molecular weight is 386 g/mol. The van der Waals surface area contributed by atoms with E-state index in [1.807, 2.05) is 11.4 Å². The number of esters is 1. The lowest BCUT2D eigenvalue weighted by atomic mass is 9.96. The number of nitrogens with one attached hydrogen (secondary N) is 1. The third-order valence-electron chi connectivity index (χ3n) is 4.45. The number of carbonyl (C=O) groups excluding carboxylic acids is 3. The van der Waals surface area contributed by atoms with E-state index in [4.69, 9.17) is 4.74 Å². The standard InChI is InChI=1S/C20H22N2O4S/c1-2-26-20(25)14-6-3-8-16(12-14)21-18(23)15-7-4-10-22(13-15)19(24)17-9-5-11-27-17/h3,5-6,8-9,11-12,15H,2,4,7,10,13H2,1H3,(H,21,23). The summed E-state index contributed by atoms with van der Waals surface area (Å²) < 4.78 is 4.99. The van der Waals surface area contributed by atoms with E-state index in [9.17, 15) is 14.4 Å². The molecule has 2 heterocycles. The average Bonchev–Trinajstić information content (AvgIpc) is 3.22. The Morgan fingerprint density at radius 1 is 1.26 bits per heavy atom. The highest BCUT2D eigenvalue weighted by Gasteiger charge is 2.29. The Labute approximate surface area is 162 Å². The topological polar surface area (TPSA) is 75.7 Å². The molecule has 1 aromatic heterocycles. The fourth-order valence-electron chi connectivity index (χ4n) is 3.11. The summed E-state index contributed by atoms with van der Waals surface area (Å²) >= 11 is 1.41. The van der Waals surface area contributed by atoms with Gasteiger partial charge in [-0.1, -0.05) is 12.1 Å². The molecule has 2 aromatic rings. The second-order valence-corrected chi connectivity index (χ2v) is 7.31. The Morgan fingerprint density at radius 3 is 2.85 bits per heavy atom. The van der Waals surface area contributed by atoms with Crippen LogP contribution in [0.4, 0.5) is 5.69 Å². The van der Waals surface area contributed by atoms with E-state index < -0.39 is 5.97 Å². The Balaban J connectivity index is 1.63. The van der Waals surface area contributed by atoms with Crippen molar-refractivity contribution in [1.82, 2.24) is 4.90 Å². The SMILES string of the molecule is CCOC(=O)c1cccc(NC(=O)C2CCCN(C(=O)c3cccs3)C2)c1. The number of anilines is 1. The van der Waals surface area contributed by atoms with E-state index in [0.29, 0.717) is 35.8 Å². The van der Waals surface area contributed by atoms with Crippen molar-refractivity contribution in [2.24, 2.45) is 5.92 Å². The number of piperidine rings is 1. The van der Waals surface area contributed by atoms with Crippen molar-refractivity contribution in [3.05, 3.63) is 52.2 Å². The van der Waals surface area contributed by atoms with E-state index in [1.54, 1.807) is 42.2 Å². The molecule has 27 heavy (non-hydrogen) atoms. The van der Waals surface area contributed by atoms with Crippen LogP contribution in [0.15, 0.2) is 41.8 Å². The molecule has 1 N–H and O–H groups in total. The maximum atomic E-state index is 12.7. The first-order chi connectivity index (χ1) is 13.1. The fourth-order valence-corrected chi connectivity index (χ4v) is 3.81. The highest BCUT2D eigenvalue weighted by molar-refractivity contribution is 7.12. The van der Waals surface area contributed by atoms with Crippen molar-refractivity contribution in [2.45, 2.75) is 19.8 Å². The van der Waals surface area contributed by atoms with Crippen molar-refractivity contribution in [3.63, 3.8) is 0 Å². The third-order valence-corrected chi connectivity index (χ3v) is 5.31. The van der Waals surface area contributed by atoms with Crippen LogP contribution in [0.3, 0.4) is 0 Å². The lowest BCUT2D eigenvalue weighted by molar-refractivity contribution is -0.121. The van der Waals surface area contributed by atoms with Gasteiger partial charge in [0, 0.05) is 18.8 Å². The maximum Gasteiger partial charge on any atom is 0.338 e. The summed E-state index contributed by atoms with van der Waals surface area (Å²) in [4.78, 5) is 39.5. The number of amides is 2. The summed E-state index contributed by atoms with van der Waals surface area (Å²) in [7, 11) is 0. The van der Waals surface area contributed by atoms with Gasteiger partial charge in [-0.3, -0.25) is 9.59 Å². The Bertz CT molecular complexity index is 819. The first kappa shape index (κ1) is 19.1. The van der Waals surface area contributed by atoms with E-state index in [2.05, 4.69) is 5.32 Å². The lowest BCUT2D eigenvalue weighted by Crippen LogP contribution is -2.43. The summed E-state index contributed by atoms with van der Waals surface area (Å²) in [6, 6.07) is 10.3. The number of ether oxygens (including phenoxy) is 1. The number of likely N-dealkylation sites (tertiary alicyclic amines) is 1. The third kappa shape index (κ3) is 4.74. The molecule has 2 amide bonds. The molecule has 1 unspecified atom stereocenters. The zero-order chi connectivity index (χ0) is 19.2. The van der Waals surface area contributed by atoms with Crippen LogP contribution in [-0.4, -0.2) is 42.4 Å². The molecule has 0 radical (unpaired) electrons. The van der Waals surface area contributed by atoms with E-state index in [1.165, 1.54) is 11.3 Å². The molecular weight excluding hydrogens is 364 g/mol. The summed E-state index contributed by atoms with van der Waals surface area (Å²) in [5, 5.41) is 4.73. The minimum absolute atomic E-state index is 0.0215. The van der Waals surface area contributed by atoms with Crippen LogP contribution >= 0.6 is 11.3 Å². The number of thiophene rings is 1. The summed E-state index contributed by atoms with van der Waals surface area (Å²) in [5.74, 6) is -0.848. The fraction of sp³-hybridized carbons (Fsp3) is 0.350. The number of nitrogens with zero attached hydrogens (tertiary/aromatic N) is 1. The van der Waals surface area contributed by atoms with E-state index >= 15 is 0 Å². The molecule has 1 aliphatic rings. The quantitative estimate of drug-likeness (QED) is 0.799.